The van der Waals surface area contributed by atoms with E-state index in [-0.39, 0.29) is 18.4 Å². The van der Waals surface area contributed by atoms with Crippen molar-refractivity contribution in [2.45, 2.75) is 45.2 Å². The fourth-order valence-corrected chi connectivity index (χ4v) is 4.14. The van der Waals surface area contributed by atoms with Gasteiger partial charge in [-0.05, 0) is 56.2 Å². The highest BCUT2D eigenvalue weighted by Crippen LogP contribution is 2.39. The molecular formula is C20H26ClFN2O2. The molecule has 0 aromatic carbocycles. The van der Waals surface area contributed by atoms with Crippen LogP contribution in [0.4, 0.5) is 4.39 Å². The predicted octanol–water partition coefficient (Wildman–Crippen LogP) is 4.02. The molecule has 3 atom stereocenters. The van der Waals surface area contributed by atoms with E-state index in [4.69, 9.17) is 11.6 Å². The maximum Gasteiger partial charge on any atom is 0.253 e. The van der Waals surface area contributed by atoms with Crippen molar-refractivity contribution in [3.8, 4) is 0 Å². The molecule has 1 saturated carbocycles. The monoisotopic (exact) mass is 380 g/mol. The van der Waals surface area contributed by atoms with E-state index in [0.29, 0.717) is 41.4 Å². The Labute approximate surface area is 158 Å². The van der Waals surface area contributed by atoms with E-state index in [1.165, 1.54) is 0 Å². The number of aromatic nitrogens is 1. The molecule has 2 heterocycles. The van der Waals surface area contributed by atoms with Crippen LogP contribution in [0.15, 0.2) is 24.4 Å². The molecule has 0 saturated heterocycles. The Bertz CT molecular complexity index is 802. The number of hydrogen-bond donors (Lipinski definition) is 2. The Morgan fingerprint density at radius 2 is 2.31 bits per heavy atom. The van der Waals surface area contributed by atoms with Crippen LogP contribution in [0.3, 0.4) is 0 Å². The molecule has 0 aliphatic heterocycles. The predicted molar refractivity (Wildman–Crippen MR) is 102 cm³/mol. The number of carbonyl (C=O) groups is 1. The highest BCUT2D eigenvalue weighted by molar-refractivity contribution is 6.34. The molecule has 6 heteroatoms. The number of aliphatic hydroxyl groups excluding tert-OH is 1. The van der Waals surface area contributed by atoms with E-state index in [2.05, 4.69) is 5.32 Å². The average molecular weight is 381 g/mol. The van der Waals surface area contributed by atoms with Crippen LogP contribution in [0.25, 0.3) is 5.52 Å². The minimum atomic E-state index is -1.11. The zero-order chi connectivity index (χ0) is 18.9. The largest absolute Gasteiger partial charge is 0.396 e. The van der Waals surface area contributed by atoms with Gasteiger partial charge in [-0.1, -0.05) is 18.5 Å². The first-order valence-electron chi connectivity index (χ1n) is 9.20. The molecule has 2 N–H and O–H groups in total. The lowest BCUT2D eigenvalue weighted by atomic mass is 9.74. The number of nitrogens with one attached hydrogen (secondary N) is 1. The normalized spacial score (nSPS) is 26.2. The highest BCUT2D eigenvalue weighted by Gasteiger charge is 2.37. The first-order chi connectivity index (χ1) is 12.3. The van der Waals surface area contributed by atoms with Gasteiger partial charge in [-0.25, -0.2) is 4.39 Å². The lowest BCUT2D eigenvalue weighted by Crippen LogP contribution is -2.39. The summed E-state index contributed by atoms with van der Waals surface area (Å²) >= 11 is 6.31. The van der Waals surface area contributed by atoms with Gasteiger partial charge in [0, 0.05) is 31.5 Å². The standard InChI is InChI=1S/C20H26ClFN2O2/c1-13-10-14(5-7-20(13,2)22)12-23-19(26)16-11-15(6-9-25)24-8-3-4-17(21)18(16)24/h3-4,8,11,13-14,25H,5-7,9-10,12H2,1-2H3,(H,23,26). The third-order valence-corrected chi connectivity index (χ3v) is 6.04. The van der Waals surface area contributed by atoms with Crippen LogP contribution in [-0.4, -0.2) is 34.2 Å². The van der Waals surface area contributed by atoms with Crippen molar-refractivity contribution in [2.24, 2.45) is 11.8 Å². The van der Waals surface area contributed by atoms with Gasteiger partial charge in [0.05, 0.1) is 16.1 Å². The second-order valence-electron chi connectivity index (χ2n) is 7.63. The summed E-state index contributed by atoms with van der Waals surface area (Å²) < 4.78 is 16.1. The summed E-state index contributed by atoms with van der Waals surface area (Å²) in [7, 11) is 0. The van der Waals surface area contributed by atoms with Crippen LogP contribution in [0.2, 0.25) is 5.02 Å². The van der Waals surface area contributed by atoms with Gasteiger partial charge in [-0.2, -0.15) is 0 Å². The summed E-state index contributed by atoms with van der Waals surface area (Å²) in [6, 6.07) is 5.35. The molecular weight excluding hydrogens is 355 g/mol. The van der Waals surface area contributed by atoms with Gasteiger partial charge in [0.25, 0.3) is 5.91 Å². The third kappa shape index (κ3) is 3.74. The summed E-state index contributed by atoms with van der Waals surface area (Å²) in [5.74, 6) is 0.110. The number of amides is 1. The van der Waals surface area contributed by atoms with E-state index in [0.717, 1.165) is 18.5 Å². The average Bonchev–Trinajstić information content (AvgIpc) is 2.96. The number of rotatable bonds is 5. The lowest BCUT2D eigenvalue weighted by Gasteiger charge is -2.37. The molecule has 2 aromatic heterocycles. The number of nitrogens with zero attached hydrogens (tertiary/aromatic N) is 1. The number of alkyl halides is 1. The third-order valence-electron chi connectivity index (χ3n) is 5.74. The summed E-state index contributed by atoms with van der Waals surface area (Å²) in [6.45, 7) is 4.15. The summed E-state index contributed by atoms with van der Waals surface area (Å²) in [5.41, 5.74) is 0.905. The molecule has 2 aromatic rings. The SMILES string of the molecule is CC1CC(CNC(=O)c2cc(CCO)n3cccc(Cl)c23)CCC1(C)F. The van der Waals surface area contributed by atoms with Crippen molar-refractivity contribution >= 4 is 23.0 Å². The second kappa shape index (κ2) is 7.57. The Kier molecular flexibility index (Phi) is 5.58. The number of pyridine rings is 1. The van der Waals surface area contributed by atoms with Crippen LogP contribution in [0.1, 0.15) is 49.2 Å². The van der Waals surface area contributed by atoms with Gasteiger partial charge in [0.15, 0.2) is 0 Å². The summed E-state index contributed by atoms with van der Waals surface area (Å²) in [5, 5.41) is 12.8. The van der Waals surface area contributed by atoms with Crippen molar-refractivity contribution in [1.29, 1.82) is 0 Å². The van der Waals surface area contributed by atoms with Crippen LogP contribution in [0, 0.1) is 11.8 Å². The van der Waals surface area contributed by atoms with Gasteiger partial charge in [0.2, 0.25) is 0 Å². The highest BCUT2D eigenvalue weighted by atomic mass is 35.5. The topological polar surface area (TPSA) is 53.7 Å². The molecule has 1 amide bonds. The molecule has 4 nitrogen and oxygen atoms in total. The van der Waals surface area contributed by atoms with Crippen LogP contribution in [-0.2, 0) is 6.42 Å². The molecule has 3 rings (SSSR count). The maximum atomic E-state index is 14.3. The van der Waals surface area contributed by atoms with Crippen LogP contribution in [0.5, 0.6) is 0 Å². The van der Waals surface area contributed by atoms with E-state index < -0.39 is 5.67 Å². The van der Waals surface area contributed by atoms with Crippen LogP contribution >= 0.6 is 11.6 Å². The van der Waals surface area contributed by atoms with Gasteiger partial charge < -0.3 is 14.8 Å². The first kappa shape index (κ1) is 19.2. The van der Waals surface area contributed by atoms with Gasteiger partial charge in [-0.3, -0.25) is 4.79 Å². The number of fused-ring (bicyclic) bond motifs is 1. The maximum absolute atomic E-state index is 14.3. The van der Waals surface area contributed by atoms with Crippen molar-refractivity contribution in [1.82, 2.24) is 9.72 Å². The van der Waals surface area contributed by atoms with E-state index in [9.17, 15) is 14.3 Å². The first-order valence-corrected chi connectivity index (χ1v) is 9.57. The van der Waals surface area contributed by atoms with Crippen molar-refractivity contribution in [3.05, 3.63) is 40.7 Å². The minimum Gasteiger partial charge on any atom is -0.396 e. The minimum absolute atomic E-state index is 0.000866. The fourth-order valence-electron chi connectivity index (χ4n) is 3.88. The molecule has 3 unspecified atom stereocenters. The smallest absolute Gasteiger partial charge is 0.253 e. The van der Waals surface area contributed by atoms with E-state index in [1.807, 2.05) is 23.6 Å². The Balaban J connectivity index is 1.74. The Morgan fingerprint density at radius 3 is 3.00 bits per heavy atom. The molecule has 26 heavy (non-hydrogen) atoms. The Hall–Kier alpha value is -1.59. The second-order valence-corrected chi connectivity index (χ2v) is 8.03. The quantitative estimate of drug-likeness (QED) is 0.823. The molecule has 1 aliphatic carbocycles. The van der Waals surface area contributed by atoms with E-state index in [1.54, 1.807) is 19.1 Å². The molecule has 1 aliphatic rings. The van der Waals surface area contributed by atoms with Crippen LogP contribution < -0.4 is 5.32 Å². The number of aliphatic hydroxyl groups is 1. The van der Waals surface area contributed by atoms with Gasteiger partial charge >= 0.3 is 0 Å². The number of halogens is 2. The molecule has 0 spiro atoms. The summed E-state index contributed by atoms with van der Waals surface area (Å²) in [6.07, 6.45) is 4.39. The zero-order valence-corrected chi connectivity index (χ0v) is 16.0. The molecule has 0 radical (unpaired) electrons. The fraction of sp³-hybridized carbons (Fsp3) is 0.550. The molecule has 142 valence electrons. The van der Waals surface area contributed by atoms with Crippen molar-refractivity contribution in [2.75, 3.05) is 13.2 Å². The van der Waals surface area contributed by atoms with Gasteiger partial charge in [-0.15, -0.1) is 0 Å². The Morgan fingerprint density at radius 1 is 1.54 bits per heavy atom. The lowest BCUT2D eigenvalue weighted by molar-refractivity contribution is 0.0428. The van der Waals surface area contributed by atoms with Gasteiger partial charge in [0.1, 0.15) is 5.67 Å². The van der Waals surface area contributed by atoms with E-state index >= 15 is 0 Å². The summed E-state index contributed by atoms with van der Waals surface area (Å²) in [4.78, 5) is 12.8. The molecule has 0 bridgehead atoms. The molecule has 1 fully saturated rings. The van der Waals surface area contributed by atoms with Crippen molar-refractivity contribution < 1.29 is 14.3 Å². The number of hydrogen-bond acceptors (Lipinski definition) is 2. The number of carbonyl (C=O) groups excluding carboxylic acids is 1. The zero-order valence-electron chi connectivity index (χ0n) is 15.3. The van der Waals surface area contributed by atoms with Crippen molar-refractivity contribution in [3.63, 3.8) is 0 Å².